The average molecular weight is 470 g/mol. The van der Waals surface area contributed by atoms with Crippen LogP contribution in [-0.2, 0) is 19.9 Å². The molecule has 0 saturated carbocycles. The summed E-state index contributed by atoms with van der Waals surface area (Å²) in [6.07, 6.45) is 3.39. The summed E-state index contributed by atoms with van der Waals surface area (Å²) in [7, 11) is 0. The van der Waals surface area contributed by atoms with Gasteiger partial charge in [-0.2, -0.15) is 0 Å². The van der Waals surface area contributed by atoms with E-state index in [4.69, 9.17) is 16.3 Å². The molecule has 2 amide bonds. The number of nitrogens with zero attached hydrogens (tertiary/aromatic N) is 2. The largest absolute Gasteiger partial charge is 0.381 e. The topological polar surface area (TPSA) is 71.5 Å². The van der Waals surface area contributed by atoms with Crippen molar-refractivity contribution in [2.45, 2.75) is 41.9 Å². The highest BCUT2D eigenvalue weighted by molar-refractivity contribution is 7.80. The Bertz CT molecular complexity index is 942. The number of halogens is 3. The molecule has 31 heavy (non-hydrogen) atoms. The Kier molecular flexibility index (Phi) is 7.51. The summed E-state index contributed by atoms with van der Waals surface area (Å²) in [5.74, 6) is -2.49. The standard InChI is InChI=1S/C21H22ClF2N3O3S/c1-21(13-10-14(23)12-25-11-13,20(29)26-15-6-8-30-9-7-15)27(19(28)18(22)24)16-2-4-17(31)5-3-16/h2-5,10-12,15,18,31H,6-9H2,1H3,(H,26,29)/t18-,21+/m0/s1. The quantitative estimate of drug-likeness (QED) is 0.501. The number of benzene rings is 1. The fraction of sp³-hybridized carbons (Fsp3) is 0.381. The van der Waals surface area contributed by atoms with Crippen molar-refractivity contribution in [1.29, 1.82) is 0 Å². The molecule has 0 unspecified atom stereocenters. The molecule has 1 aromatic carbocycles. The zero-order valence-electron chi connectivity index (χ0n) is 16.7. The second-order valence-corrected chi connectivity index (χ2v) is 8.21. The number of hydrogen-bond donors (Lipinski definition) is 2. The molecule has 3 rings (SSSR count). The number of anilines is 1. The highest BCUT2D eigenvalue weighted by atomic mass is 35.5. The maximum atomic E-state index is 14.1. The summed E-state index contributed by atoms with van der Waals surface area (Å²) in [5.41, 5.74) is -4.01. The molecule has 2 heterocycles. The van der Waals surface area contributed by atoms with E-state index >= 15 is 0 Å². The summed E-state index contributed by atoms with van der Waals surface area (Å²) < 4.78 is 33.5. The van der Waals surface area contributed by atoms with Crippen LogP contribution in [0.4, 0.5) is 14.5 Å². The Morgan fingerprint density at radius 2 is 1.94 bits per heavy atom. The van der Waals surface area contributed by atoms with Gasteiger partial charge in [-0.25, -0.2) is 8.78 Å². The number of thiol groups is 1. The lowest BCUT2D eigenvalue weighted by Crippen LogP contribution is -2.60. The van der Waals surface area contributed by atoms with Crippen LogP contribution < -0.4 is 10.2 Å². The van der Waals surface area contributed by atoms with Gasteiger partial charge in [0.05, 0.1) is 6.20 Å². The van der Waals surface area contributed by atoms with E-state index in [9.17, 15) is 18.4 Å². The molecular formula is C21H22ClF2N3O3S. The van der Waals surface area contributed by atoms with Crippen molar-refractivity contribution < 1.29 is 23.1 Å². The zero-order valence-corrected chi connectivity index (χ0v) is 18.4. The summed E-state index contributed by atoms with van der Waals surface area (Å²) >= 11 is 9.74. The molecule has 1 fully saturated rings. The minimum absolute atomic E-state index is 0.0673. The zero-order chi connectivity index (χ0) is 22.6. The van der Waals surface area contributed by atoms with Gasteiger partial charge in [-0.05, 0) is 50.1 Å². The molecule has 1 saturated heterocycles. The Labute approximate surface area is 189 Å². The predicted molar refractivity (Wildman–Crippen MR) is 115 cm³/mol. The van der Waals surface area contributed by atoms with E-state index in [2.05, 4.69) is 22.9 Å². The van der Waals surface area contributed by atoms with Gasteiger partial charge in [0, 0.05) is 41.6 Å². The first kappa shape index (κ1) is 23.4. The molecule has 1 aliphatic rings. The van der Waals surface area contributed by atoms with Gasteiger partial charge in [-0.1, -0.05) is 11.6 Å². The molecule has 10 heteroatoms. The van der Waals surface area contributed by atoms with E-state index < -0.39 is 28.8 Å². The molecule has 0 bridgehead atoms. The molecule has 1 aromatic heterocycles. The fourth-order valence-corrected chi connectivity index (χ4v) is 3.76. The second kappa shape index (κ2) is 9.93. The highest BCUT2D eigenvalue weighted by Crippen LogP contribution is 2.36. The first-order chi connectivity index (χ1) is 14.7. The molecule has 6 nitrogen and oxygen atoms in total. The predicted octanol–water partition coefficient (Wildman–Crippen LogP) is 3.59. The molecule has 0 aliphatic carbocycles. The van der Waals surface area contributed by atoms with Crippen LogP contribution in [0.3, 0.4) is 0 Å². The fourth-order valence-electron chi connectivity index (χ4n) is 3.51. The minimum atomic E-state index is -2.42. The Hall–Kier alpha value is -2.23. The van der Waals surface area contributed by atoms with Crippen molar-refractivity contribution in [3.05, 3.63) is 54.1 Å². The van der Waals surface area contributed by atoms with Gasteiger partial charge in [-0.15, -0.1) is 12.6 Å². The molecule has 0 radical (unpaired) electrons. The summed E-state index contributed by atoms with van der Waals surface area (Å²) in [6, 6.07) is 7.06. The number of carbonyl (C=O) groups is 2. The normalized spacial score (nSPS) is 17.5. The van der Waals surface area contributed by atoms with Crippen molar-refractivity contribution in [2.75, 3.05) is 18.1 Å². The number of pyridine rings is 1. The maximum absolute atomic E-state index is 14.1. The van der Waals surface area contributed by atoms with Crippen LogP contribution in [0.25, 0.3) is 0 Å². The molecule has 2 atom stereocenters. The van der Waals surface area contributed by atoms with Gasteiger partial charge in [-0.3, -0.25) is 19.5 Å². The Morgan fingerprint density at radius 1 is 1.29 bits per heavy atom. The summed E-state index contributed by atoms with van der Waals surface area (Å²) in [4.78, 5) is 31.8. The van der Waals surface area contributed by atoms with Crippen molar-refractivity contribution in [3.63, 3.8) is 0 Å². The van der Waals surface area contributed by atoms with E-state index in [-0.39, 0.29) is 17.3 Å². The van der Waals surface area contributed by atoms with E-state index in [1.807, 2.05) is 0 Å². The molecule has 0 spiro atoms. The highest BCUT2D eigenvalue weighted by Gasteiger charge is 2.47. The van der Waals surface area contributed by atoms with Crippen LogP contribution >= 0.6 is 24.2 Å². The Morgan fingerprint density at radius 3 is 2.52 bits per heavy atom. The molecule has 166 valence electrons. The number of hydrogen-bond acceptors (Lipinski definition) is 5. The van der Waals surface area contributed by atoms with Crippen LogP contribution in [-0.4, -0.2) is 41.7 Å². The van der Waals surface area contributed by atoms with Crippen molar-refractivity contribution in [2.24, 2.45) is 0 Å². The number of rotatable bonds is 6. The van der Waals surface area contributed by atoms with Gasteiger partial charge in [0.15, 0.2) is 5.54 Å². The lowest BCUT2D eigenvalue weighted by atomic mass is 9.88. The van der Waals surface area contributed by atoms with Crippen LogP contribution in [0.5, 0.6) is 0 Å². The molecular weight excluding hydrogens is 448 g/mol. The summed E-state index contributed by atoms with van der Waals surface area (Å²) in [6.45, 7) is 2.36. The lowest BCUT2D eigenvalue weighted by Gasteiger charge is -2.41. The van der Waals surface area contributed by atoms with Crippen molar-refractivity contribution in [3.8, 4) is 0 Å². The van der Waals surface area contributed by atoms with Crippen LogP contribution in [0, 0.1) is 5.82 Å². The smallest absolute Gasteiger partial charge is 0.278 e. The third-order valence-electron chi connectivity index (χ3n) is 5.23. The monoisotopic (exact) mass is 469 g/mol. The van der Waals surface area contributed by atoms with Crippen molar-refractivity contribution >= 4 is 41.7 Å². The molecule has 2 aromatic rings. The first-order valence-electron chi connectivity index (χ1n) is 9.64. The second-order valence-electron chi connectivity index (χ2n) is 7.31. The van der Waals surface area contributed by atoms with Gasteiger partial charge in [0.2, 0.25) is 0 Å². The number of ether oxygens (including phenoxy) is 1. The number of alkyl halides is 2. The average Bonchev–Trinajstić information content (AvgIpc) is 2.75. The number of nitrogens with one attached hydrogen (secondary N) is 1. The van der Waals surface area contributed by atoms with E-state index in [1.54, 1.807) is 12.1 Å². The number of carbonyl (C=O) groups excluding carboxylic acids is 2. The van der Waals surface area contributed by atoms with Crippen LogP contribution in [0.15, 0.2) is 47.6 Å². The van der Waals surface area contributed by atoms with Gasteiger partial charge in [0.25, 0.3) is 17.4 Å². The maximum Gasteiger partial charge on any atom is 0.278 e. The number of aromatic nitrogens is 1. The van der Waals surface area contributed by atoms with Gasteiger partial charge < -0.3 is 10.1 Å². The lowest BCUT2D eigenvalue weighted by molar-refractivity contribution is -0.132. The van der Waals surface area contributed by atoms with Crippen molar-refractivity contribution in [1.82, 2.24) is 10.3 Å². The number of amides is 2. The van der Waals surface area contributed by atoms with Crippen LogP contribution in [0.1, 0.15) is 25.3 Å². The van der Waals surface area contributed by atoms with Crippen LogP contribution in [0.2, 0.25) is 0 Å². The van der Waals surface area contributed by atoms with E-state index in [0.29, 0.717) is 31.0 Å². The van der Waals surface area contributed by atoms with E-state index in [1.165, 1.54) is 25.3 Å². The minimum Gasteiger partial charge on any atom is -0.381 e. The molecule has 1 N–H and O–H groups in total. The first-order valence-corrected chi connectivity index (χ1v) is 10.5. The SMILES string of the molecule is C[C@](C(=O)NC1CCOCC1)(c1cncc(F)c1)N(C(=O)[C@H](F)Cl)c1ccc(S)cc1. The Balaban J connectivity index is 2.14. The third kappa shape index (κ3) is 5.16. The van der Waals surface area contributed by atoms with Gasteiger partial charge >= 0.3 is 0 Å². The summed E-state index contributed by atoms with van der Waals surface area (Å²) in [5, 5.41) is 2.89. The molecule has 1 aliphatic heterocycles. The van der Waals surface area contributed by atoms with E-state index in [0.717, 1.165) is 17.2 Å². The van der Waals surface area contributed by atoms with Gasteiger partial charge in [0.1, 0.15) is 5.82 Å². The third-order valence-corrected chi connectivity index (χ3v) is 5.71.